The van der Waals surface area contributed by atoms with Crippen molar-refractivity contribution in [3.05, 3.63) is 28.8 Å². The summed E-state index contributed by atoms with van der Waals surface area (Å²) < 4.78 is 5.52. The lowest BCUT2D eigenvalue weighted by Gasteiger charge is -2.29. The Morgan fingerprint density at radius 3 is 2.94 bits per heavy atom. The SMILES string of the molecule is CC1CC(Nc2ccc(C(N)=S)cc2Cl)CCO1. The monoisotopic (exact) mass is 284 g/mol. The molecule has 5 heteroatoms. The van der Waals surface area contributed by atoms with E-state index in [1.54, 1.807) is 6.07 Å². The first-order valence-corrected chi connectivity index (χ1v) is 6.82. The molecule has 2 atom stereocenters. The molecule has 1 saturated heterocycles. The van der Waals surface area contributed by atoms with Crippen molar-refractivity contribution in [1.29, 1.82) is 0 Å². The van der Waals surface area contributed by atoms with Crippen molar-refractivity contribution in [2.45, 2.75) is 31.9 Å². The van der Waals surface area contributed by atoms with Crippen LogP contribution in [0.5, 0.6) is 0 Å². The molecule has 2 rings (SSSR count). The quantitative estimate of drug-likeness (QED) is 0.838. The van der Waals surface area contributed by atoms with E-state index in [-0.39, 0.29) is 0 Å². The lowest BCUT2D eigenvalue weighted by atomic mass is 10.0. The maximum Gasteiger partial charge on any atom is 0.104 e. The predicted molar refractivity (Wildman–Crippen MR) is 79.4 cm³/mol. The molecular weight excluding hydrogens is 268 g/mol. The minimum absolute atomic E-state index is 0.297. The van der Waals surface area contributed by atoms with Crippen LogP contribution in [0.1, 0.15) is 25.3 Å². The second kappa shape index (κ2) is 5.87. The smallest absolute Gasteiger partial charge is 0.104 e. The Kier molecular flexibility index (Phi) is 4.43. The Morgan fingerprint density at radius 2 is 2.33 bits per heavy atom. The molecule has 18 heavy (non-hydrogen) atoms. The summed E-state index contributed by atoms with van der Waals surface area (Å²) >= 11 is 11.1. The second-order valence-corrected chi connectivity index (χ2v) is 5.45. The number of nitrogens with one attached hydrogen (secondary N) is 1. The second-order valence-electron chi connectivity index (χ2n) is 4.61. The van der Waals surface area contributed by atoms with Crippen LogP contribution in [0, 0.1) is 0 Å². The largest absolute Gasteiger partial charge is 0.389 e. The third-order valence-electron chi connectivity index (χ3n) is 3.10. The predicted octanol–water partition coefficient (Wildman–Crippen LogP) is 2.95. The minimum atomic E-state index is 0.297. The Bertz CT molecular complexity index is 453. The van der Waals surface area contributed by atoms with Crippen molar-refractivity contribution in [3.63, 3.8) is 0 Å². The van der Waals surface area contributed by atoms with E-state index in [1.165, 1.54) is 0 Å². The first kappa shape index (κ1) is 13.6. The highest BCUT2D eigenvalue weighted by Gasteiger charge is 2.19. The van der Waals surface area contributed by atoms with Crippen LogP contribution < -0.4 is 11.1 Å². The first-order valence-electron chi connectivity index (χ1n) is 6.03. The normalized spacial score (nSPS) is 23.7. The number of hydrogen-bond acceptors (Lipinski definition) is 3. The lowest BCUT2D eigenvalue weighted by Crippen LogP contribution is -2.32. The summed E-state index contributed by atoms with van der Waals surface area (Å²) in [5.74, 6) is 0. The summed E-state index contributed by atoms with van der Waals surface area (Å²) in [6.45, 7) is 2.88. The Morgan fingerprint density at radius 1 is 1.56 bits per heavy atom. The van der Waals surface area contributed by atoms with E-state index in [2.05, 4.69) is 12.2 Å². The fourth-order valence-electron chi connectivity index (χ4n) is 2.13. The van der Waals surface area contributed by atoms with Gasteiger partial charge in [-0.05, 0) is 38.0 Å². The Labute approximate surface area is 118 Å². The number of halogens is 1. The molecule has 0 spiro atoms. The van der Waals surface area contributed by atoms with Gasteiger partial charge in [0, 0.05) is 18.2 Å². The van der Waals surface area contributed by atoms with Gasteiger partial charge in [0.15, 0.2) is 0 Å². The molecule has 3 nitrogen and oxygen atoms in total. The van der Waals surface area contributed by atoms with Gasteiger partial charge < -0.3 is 15.8 Å². The van der Waals surface area contributed by atoms with Crippen molar-refractivity contribution < 1.29 is 4.74 Å². The van der Waals surface area contributed by atoms with E-state index in [0.717, 1.165) is 30.7 Å². The van der Waals surface area contributed by atoms with Crippen molar-refractivity contribution >= 4 is 34.5 Å². The van der Waals surface area contributed by atoms with Crippen LogP contribution >= 0.6 is 23.8 Å². The van der Waals surface area contributed by atoms with Gasteiger partial charge in [-0.3, -0.25) is 0 Å². The van der Waals surface area contributed by atoms with Gasteiger partial charge >= 0.3 is 0 Å². The zero-order valence-electron chi connectivity index (χ0n) is 10.3. The van der Waals surface area contributed by atoms with Gasteiger partial charge in [-0.25, -0.2) is 0 Å². The Balaban J connectivity index is 2.07. The molecule has 1 aromatic rings. The summed E-state index contributed by atoms with van der Waals surface area (Å²) in [5.41, 5.74) is 7.29. The van der Waals surface area contributed by atoms with Crippen molar-refractivity contribution in [1.82, 2.24) is 0 Å². The summed E-state index contributed by atoms with van der Waals surface area (Å²) in [4.78, 5) is 0.364. The van der Waals surface area contributed by atoms with Crippen molar-refractivity contribution in [3.8, 4) is 0 Å². The molecule has 0 saturated carbocycles. The van der Waals surface area contributed by atoms with Crippen LogP contribution in [-0.4, -0.2) is 23.7 Å². The number of rotatable bonds is 3. The molecule has 1 aromatic carbocycles. The molecule has 1 aliphatic heterocycles. The third-order valence-corrected chi connectivity index (χ3v) is 3.65. The zero-order chi connectivity index (χ0) is 13.1. The van der Waals surface area contributed by atoms with Crippen molar-refractivity contribution in [2.75, 3.05) is 11.9 Å². The molecule has 1 fully saturated rings. The third kappa shape index (κ3) is 3.34. The first-order chi connectivity index (χ1) is 8.56. The molecule has 0 aliphatic carbocycles. The van der Waals surface area contributed by atoms with Gasteiger partial charge in [0.1, 0.15) is 4.99 Å². The lowest BCUT2D eigenvalue weighted by molar-refractivity contribution is 0.0232. The average Bonchev–Trinajstić information content (AvgIpc) is 2.31. The van der Waals surface area contributed by atoms with Gasteiger partial charge in [0.05, 0.1) is 16.8 Å². The fraction of sp³-hybridized carbons (Fsp3) is 0.462. The van der Waals surface area contributed by atoms with Crippen LogP contribution in [0.3, 0.4) is 0 Å². The fourth-order valence-corrected chi connectivity index (χ4v) is 2.50. The number of anilines is 1. The van der Waals surface area contributed by atoms with E-state index < -0.39 is 0 Å². The molecular formula is C13H17ClN2OS. The maximum absolute atomic E-state index is 6.22. The van der Waals surface area contributed by atoms with Crippen LogP contribution in [0.4, 0.5) is 5.69 Å². The molecule has 2 unspecified atom stereocenters. The van der Waals surface area contributed by atoms with Gasteiger partial charge in [-0.1, -0.05) is 23.8 Å². The molecule has 98 valence electrons. The summed E-state index contributed by atoms with van der Waals surface area (Å²) in [6.07, 6.45) is 2.29. The molecule has 1 aliphatic rings. The molecule has 0 bridgehead atoms. The zero-order valence-corrected chi connectivity index (χ0v) is 11.9. The van der Waals surface area contributed by atoms with E-state index in [9.17, 15) is 0 Å². The highest BCUT2D eigenvalue weighted by atomic mass is 35.5. The van der Waals surface area contributed by atoms with Crippen LogP contribution in [0.2, 0.25) is 5.02 Å². The van der Waals surface area contributed by atoms with Crippen LogP contribution in [0.25, 0.3) is 0 Å². The number of ether oxygens (including phenoxy) is 1. The number of thiocarbonyl (C=S) groups is 1. The van der Waals surface area contributed by atoms with Crippen molar-refractivity contribution in [2.24, 2.45) is 5.73 Å². The van der Waals surface area contributed by atoms with Gasteiger partial charge in [-0.2, -0.15) is 0 Å². The topological polar surface area (TPSA) is 47.3 Å². The summed E-state index contributed by atoms with van der Waals surface area (Å²) in [7, 11) is 0. The number of nitrogens with two attached hydrogens (primary N) is 1. The highest BCUT2D eigenvalue weighted by molar-refractivity contribution is 7.80. The van der Waals surface area contributed by atoms with E-state index in [0.29, 0.717) is 22.2 Å². The summed E-state index contributed by atoms with van der Waals surface area (Å²) in [6, 6.07) is 6.02. The van der Waals surface area contributed by atoms with Crippen LogP contribution in [0.15, 0.2) is 18.2 Å². The Hall–Kier alpha value is -0.840. The maximum atomic E-state index is 6.22. The highest BCUT2D eigenvalue weighted by Crippen LogP contribution is 2.26. The summed E-state index contributed by atoms with van der Waals surface area (Å²) in [5, 5.41) is 4.10. The molecule has 0 radical (unpaired) electrons. The van der Waals surface area contributed by atoms with Gasteiger partial charge in [-0.15, -0.1) is 0 Å². The molecule has 3 N–H and O–H groups in total. The van der Waals surface area contributed by atoms with E-state index in [1.807, 2.05) is 12.1 Å². The minimum Gasteiger partial charge on any atom is -0.389 e. The molecule has 0 amide bonds. The molecule has 1 heterocycles. The number of benzene rings is 1. The van der Waals surface area contributed by atoms with E-state index >= 15 is 0 Å². The average molecular weight is 285 g/mol. The van der Waals surface area contributed by atoms with Crippen LogP contribution in [-0.2, 0) is 4.74 Å². The molecule has 0 aromatic heterocycles. The van der Waals surface area contributed by atoms with E-state index in [4.69, 9.17) is 34.3 Å². The standard InChI is InChI=1S/C13H17ClN2OS/c1-8-6-10(4-5-17-8)16-12-3-2-9(13(15)18)7-11(12)14/h2-3,7-8,10,16H,4-6H2,1H3,(H2,15,18). The van der Waals surface area contributed by atoms with Gasteiger partial charge in [0.2, 0.25) is 0 Å². The van der Waals surface area contributed by atoms with Gasteiger partial charge in [0.25, 0.3) is 0 Å². The number of hydrogen-bond donors (Lipinski definition) is 2.